The molecular weight excluding hydrogens is 222 g/mol. The molecule has 1 aromatic heterocycles. The second kappa shape index (κ2) is 4.89. The topological polar surface area (TPSA) is 41.6 Å². The van der Waals surface area contributed by atoms with Crippen LogP contribution in [0.5, 0.6) is 0 Å². The van der Waals surface area contributed by atoms with Gasteiger partial charge in [-0.2, -0.15) is 10.4 Å². The highest BCUT2D eigenvalue weighted by atomic mass is 15.3. The highest BCUT2D eigenvalue weighted by molar-refractivity contribution is 6.06. The molecule has 0 radical (unpaired) electrons. The molecule has 0 aliphatic heterocycles. The van der Waals surface area contributed by atoms with Crippen LogP contribution in [-0.4, -0.2) is 9.78 Å². The van der Waals surface area contributed by atoms with Crippen LogP contribution in [0.2, 0.25) is 0 Å². The molecule has 0 atom stereocenters. The summed E-state index contributed by atoms with van der Waals surface area (Å²) in [5, 5.41) is 16.6. The smallest absolute Gasteiger partial charge is 0.146 e. The van der Waals surface area contributed by atoms with E-state index in [1.54, 1.807) is 11.7 Å². The number of hydrogen-bond donors (Lipinski definition) is 0. The van der Waals surface area contributed by atoms with Crippen LogP contribution in [0.15, 0.2) is 36.4 Å². The molecule has 18 heavy (non-hydrogen) atoms. The van der Waals surface area contributed by atoms with Crippen LogP contribution in [0.3, 0.4) is 0 Å². The number of nitrogens with zero attached hydrogens (tertiary/aromatic N) is 3. The van der Waals surface area contributed by atoms with Gasteiger partial charge < -0.3 is 0 Å². The number of aryl methyl sites for hydroxylation is 1. The molecule has 0 saturated carbocycles. The maximum absolute atomic E-state index is 9.07. The van der Waals surface area contributed by atoms with Gasteiger partial charge in [0.25, 0.3) is 0 Å². The van der Waals surface area contributed by atoms with E-state index in [9.17, 15) is 0 Å². The van der Waals surface area contributed by atoms with E-state index in [2.05, 4.69) is 17.2 Å². The third kappa shape index (κ3) is 1.72. The average Bonchev–Trinajstić information content (AvgIpc) is 2.77. The normalized spacial score (nSPS) is 9.89. The second-order valence-electron chi connectivity index (χ2n) is 3.77. The second-order valence-corrected chi connectivity index (χ2v) is 3.77. The summed E-state index contributed by atoms with van der Waals surface area (Å²) in [5.74, 6) is 0. The highest BCUT2D eigenvalue weighted by Gasteiger charge is 2.10. The predicted molar refractivity (Wildman–Crippen MR) is 74.3 cm³/mol. The Morgan fingerprint density at radius 1 is 1.06 bits per heavy atom. The van der Waals surface area contributed by atoms with Gasteiger partial charge in [0.1, 0.15) is 17.3 Å². The minimum absolute atomic E-state index is 0.612. The Labute approximate surface area is 106 Å². The maximum Gasteiger partial charge on any atom is 0.146 e. The van der Waals surface area contributed by atoms with Gasteiger partial charge >= 0.3 is 0 Å². The first-order valence-corrected chi connectivity index (χ1v) is 6.06. The predicted octanol–water partition coefficient (Wildman–Crippen LogP) is 3.62. The van der Waals surface area contributed by atoms with Crippen LogP contribution >= 0.6 is 0 Å². The van der Waals surface area contributed by atoms with Crippen LogP contribution in [0.1, 0.15) is 19.5 Å². The van der Waals surface area contributed by atoms with E-state index in [0.29, 0.717) is 5.69 Å². The van der Waals surface area contributed by atoms with Crippen molar-refractivity contribution in [3.63, 3.8) is 0 Å². The first kappa shape index (κ1) is 12.1. The van der Waals surface area contributed by atoms with E-state index in [1.807, 2.05) is 44.2 Å². The molecule has 90 valence electrons. The Hall–Kier alpha value is -2.34. The van der Waals surface area contributed by atoms with Crippen molar-refractivity contribution in [2.45, 2.75) is 13.8 Å². The quantitative estimate of drug-likeness (QED) is 0.599. The van der Waals surface area contributed by atoms with Crippen LogP contribution in [0.25, 0.3) is 21.7 Å². The van der Waals surface area contributed by atoms with Crippen molar-refractivity contribution in [2.24, 2.45) is 7.05 Å². The fourth-order valence-electron chi connectivity index (χ4n) is 2.06. The Morgan fingerprint density at radius 3 is 2.50 bits per heavy atom. The van der Waals surface area contributed by atoms with Gasteiger partial charge in [0, 0.05) is 17.8 Å². The van der Waals surface area contributed by atoms with Gasteiger partial charge in [0.2, 0.25) is 0 Å². The van der Waals surface area contributed by atoms with Gasteiger partial charge in [-0.05, 0) is 11.5 Å². The Balaban J connectivity index is 0.000000574. The summed E-state index contributed by atoms with van der Waals surface area (Å²) in [6.07, 6.45) is 0. The molecule has 0 N–H and O–H groups in total. The Bertz CT molecular complexity index is 732. The third-order valence-corrected chi connectivity index (χ3v) is 2.84. The van der Waals surface area contributed by atoms with Crippen molar-refractivity contribution in [1.82, 2.24) is 9.78 Å². The van der Waals surface area contributed by atoms with Crippen molar-refractivity contribution >= 4 is 21.7 Å². The average molecular weight is 237 g/mol. The minimum Gasteiger partial charge on any atom is -0.257 e. The Kier molecular flexibility index (Phi) is 3.29. The van der Waals surface area contributed by atoms with Gasteiger partial charge in [0.15, 0.2) is 0 Å². The molecule has 2 aromatic carbocycles. The van der Waals surface area contributed by atoms with E-state index in [0.717, 1.165) is 21.7 Å². The van der Waals surface area contributed by atoms with Crippen molar-refractivity contribution in [3.05, 3.63) is 42.1 Å². The van der Waals surface area contributed by atoms with Crippen molar-refractivity contribution in [1.29, 1.82) is 5.26 Å². The van der Waals surface area contributed by atoms with E-state index < -0.39 is 0 Å². The molecule has 0 amide bonds. The highest BCUT2D eigenvalue weighted by Crippen LogP contribution is 2.25. The lowest BCUT2D eigenvalue weighted by atomic mass is 10.1. The molecule has 0 aliphatic carbocycles. The first-order chi connectivity index (χ1) is 8.81. The summed E-state index contributed by atoms with van der Waals surface area (Å²) in [7, 11) is 1.80. The van der Waals surface area contributed by atoms with Gasteiger partial charge in [0.05, 0.1) is 0 Å². The number of nitriles is 1. The molecular formula is C15H15N3. The fourth-order valence-corrected chi connectivity index (χ4v) is 2.06. The molecule has 1 heterocycles. The lowest BCUT2D eigenvalue weighted by Gasteiger charge is -1.96. The number of fused-ring (bicyclic) bond motifs is 3. The lowest BCUT2D eigenvalue weighted by molar-refractivity contribution is 0.768. The molecule has 0 spiro atoms. The van der Waals surface area contributed by atoms with E-state index in [-0.39, 0.29) is 0 Å². The molecule has 0 saturated heterocycles. The molecule has 3 aromatic rings. The summed E-state index contributed by atoms with van der Waals surface area (Å²) in [6, 6.07) is 14.2. The molecule has 3 nitrogen and oxygen atoms in total. The van der Waals surface area contributed by atoms with Gasteiger partial charge in [-0.1, -0.05) is 44.2 Å². The number of rotatable bonds is 0. The third-order valence-electron chi connectivity index (χ3n) is 2.84. The molecule has 0 bridgehead atoms. The summed E-state index contributed by atoms with van der Waals surface area (Å²) in [5.41, 5.74) is 1.51. The van der Waals surface area contributed by atoms with E-state index >= 15 is 0 Å². The number of benzene rings is 2. The zero-order valence-electron chi connectivity index (χ0n) is 10.8. The van der Waals surface area contributed by atoms with Crippen LogP contribution in [-0.2, 0) is 7.05 Å². The van der Waals surface area contributed by atoms with E-state index in [1.165, 1.54) is 0 Å². The van der Waals surface area contributed by atoms with E-state index in [4.69, 9.17) is 5.26 Å². The van der Waals surface area contributed by atoms with Gasteiger partial charge in [-0.15, -0.1) is 0 Å². The van der Waals surface area contributed by atoms with Crippen LogP contribution in [0, 0.1) is 11.3 Å². The standard InChI is InChI=1S/C13H9N3.C2H6/c1-16-12(8-14)11-7-6-9-4-2-3-5-10(9)13(11)15-16;1-2/h2-7H,1H3;1-2H3. The van der Waals surface area contributed by atoms with Crippen LogP contribution < -0.4 is 0 Å². The zero-order valence-corrected chi connectivity index (χ0v) is 10.8. The Morgan fingerprint density at radius 2 is 1.78 bits per heavy atom. The summed E-state index contributed by atoms with van der Waals surface area (Å²) >= 11 is 0. The molecule has 0 fully saturated rings. The molecule has 3 heteroatoms. The van der Waals surface area contributed by atoms with Crippen LogP contribution in [0.4, 0.5) is 0 Å². The maximum atomic E-state index is 9.07. The largest absolute Gasteiger partial charge is 0.257 e. The number of aromatic nitrogens is 2. The molecule has 3 rings (SSSR count). The summed E-state index contributed by atoms with van der Waals surface area (Å²) < 4.78 is 1.64. The van der Waals surface area contributed by atoms with Gasteiger partial charge in [-0.3, -0.25) is 4.68 Å². The first-order valence-electron chi connectivity index (χ1n) is 6.06. The van der Waals surface area contributed by atoms with Crippen molar-refractivity contribution in [3.8, 4) is 6.07 Å². The van der Waals surface area contributed by atoms with Crippen molar-refractivity contribution in [2.75, 3.05) is 0 Å². The fraction of sp³-hybridized carbons (Fsp3) is 0.200. The van der Waals surface area contributed by atoms with Gasteiger partial charge in [-0.25, -0.2) is 0 Å². The number of hydrogen-bond acceptors (Lipinski definition) is 2. The lowest BCUT2D eigenvalue weighted by Crippen LogP contribution is -1.92. The van der Waals surface area contributed by atoms with Crippen molar-refractivity contribution < 1.29 is 0 Å². The summed E-state index contributed by atoms with van der Waals surface area (Å²) in [6.45, 7) is 4.00. The minimum atomic E-state index is 0.612. The zero-order chi connectivity index (χ0) is 13.1. The monoisotopic (exact) mass is 237 g/mol. The molecule has 0 aliphatic rings. The molecule has 0 unspecified atom stereocenters. The SMILES string of the molecule is CC.Cn1nc2c(ccc3ccccc32)c1C#N. The summed E-state index contributed by atoms with van der Waals surface area (Å²) in [4.78, 5) is 0.